The molecule has 0 saturated carbocycles. The van der Waals surface area contributed by atoms with E-state index in [0.29, 0.717) is 29.4 Å². The van der Waals surface area contributed by atoms with Gasteiger partial charge in [0.25, 0.3) is 0 Å². The van der Waals surface area contributed by atoms with Crippen LogP contribution in [0.25, 0.3) is 0 Å². The van der Waals surface area contributed by atoms with E-state index in [1.165, 1.54) is 44.5 Å². The molecule has 4 aromatic rings. The Labute approximate surface area is 175 Å². The molecule has 4 aliphatic rings. The molecule has 0 saturated heterocycles. The van der Waals surface area contributed by atoms with Crippen molar-refractivity contribution in [1.29, 1.82) is 0 Å². The first-order valence-corrected chi connectivity index (χ1v) is 10.9. The van der Waals surface area contributed by atoms with E-state index in [9.17, 15) is 5.11 Å². The maximum absolute atomic E-state index is 10.4. The summed E-state index contributed by atoms with van der Waals surface area (Å²) in [6, 6.07) is 33.5. The van der Waals surface area contributed by atoms with Crippen LogP contribution in [0.2, 0.25) is 0 Å². The highest BCUT2D eigenvalue weighted by Crippen LogP contribution is 2.83. The minimum atomic E-state index is 0.0627. The van der Waals surface area contributed by atoms with E-state index >= 15 is 0 Å². The molecule has 1 nitrogen and oxygen atoms in total. The van der Waals surface area contributed by atoms with Crippen LogP contribution in [-0.2, 0) is 0 Å². The van der Waals surface area contributed by atoms with Crippen molar-refractivity contribution in [2.24, 2.45) is 5.41 Å². The lowest BCUT2D eigenvalue weighted by Crippen LogP contribution is -2.30. The molecule has 0 fully saturated rings. The highest BCUT2D eigenvalue weighted by Gasteiger charge is 2.72. The van der Waals surface area contributed by atoms with Gasteiger partial charge in [-0.3, -0.25) is 0 Å². The molecule has 1 N–H and O–H groups in total. The Bertz CT molecular complexity index is 1370. The van der Waals surface area contributed by atoms with Crippen LogP contribution in [0, 0.1) is 5.41 Å². The largest absolute Gasteiger partial charge is 0.508 e. The summed E-state index contributed by atoms with van der Waals surface area (Å²) in [7, 11) is 0. The standard InChI is InChI=1S/C29H20O/c30-16-13-14-23-24(15-16)28-22-12-6-5-11-21(22)26-18-8-2-1-7-17(18)25-19-9-3-4-10-20(19)27(23)29(25,26)28/h1-15,25-28,30H. The summed E-state index contributed by atoms with van der Waals surface area (Å²) < 4.78 is 0. The lowest BCUT2D eigenvalue weighted by molar-refractivity contribution is 0.241. The second-order valence-electron chi connectivity index (χ2n) is 9.43. The molecule has 0 aromatic heterocycles. The molecule has 0 radical (unpaired) electrons. The average Bonchev–Trinajstić information content (AvgIpc) is 3.41. The topological polar surface area (TPSA) is 20.2 Å². The van der Waals surface area contributed by atoms with Crippen LogP contribution in [0.1, 0.15) is 68.2 Å². The molecule has 1 spiro atoms. The summed E-state index contributed by atoms with van der Waals surface area (Å²) in [5.41, 5.74) is 11.8. The van der Waals surface area contributed by atoms with Crippen molar-refractivity contribution >= 4 is 0 Å². The SMILES string of the molecule is Oc1ccc2c(c1)C1c3ccccc3C3c4ccccc4C4c5ccccc5C2C431. The number of hydrogen-bond acceptors (Lipinski definition) is 1. The molecular formula is C29H20O. The Morgan fingerprint density at radius 3 is 1.17 bits per heavy atom. The van der Waals surface area contributed by atoms with Gasteiger partial charge in [-0.25, -0.2) is 0 Å². The smallest absolute Gasteiger partial charge is 0.115 e. The van der Waals surface area contributed by atoms with Crippen LogP contribution < -0.4 is 0 Å². The minimum absolute atomic E-state index is 0.0627. The van der Waals surface area contributed by atoms with Gasteiger partial charge < -0.3 is 5.11 Å². The predicted molar refractivity (Wildman–Crippen MR) is 117 cm³/mol. The van der Waals surface area contributed by atoms with Crippen molar-refractivity contribution in [3.8, 4) is 5.75 Å². The van der Waals surface area contributed by atoms with E-state index in [2.05, 4.69) is 84.9 Å². The molecule has 0 bridgehead atoms. The first kappa shape index (κ1) is 15.5. The summed E-state index contributed by atoms with van der Waals surface area (Å²) in [4.78, 5) is 0. The summed E-state index contributed by atoms with van der Waals surface area (Å²) in [5, 5.41) is 10.4. The van der Waals surface area contributed by atoms with E-state index in [1.54, 1.807) is 0 Å². The van der Waals surface area contributed by atoms with E-state index in [4.69, 9.17) is 0 Å². The molecule has 0 aliphatic heterocycles. The molecule has 0 heterocycles. The quantitative estimate of drug-likeness (QED) is 0.379. The molecule has 8 rings (SSSR count). The zero-order valence-electron chi connectivity index (χ0n) is 16.4. The van der Waals surface area contributed by atoms with Crippen LogP contribution in [0.4, 0.5) is 0 Å². The van der Waals surface area contributed by atoms with Gasteiger partial charge in [-0.05, 0) is 56.6 Å². The van der Waals surface area contributed by atoms with Crippen molar-refractivity contribution in [3.63, 3.8) is 0 Å². The van der Waals surface area contributed by atoms with E-state index in [0.717, 1.165) is 0 Å². The molecule has 1 heteroatoms. The predicted octanol–water partition coefficient (Wildman–Crippen LogP) is 6.26. The normalized spacial score (nSPS) is 30.3. The lowest BCUT2D eigenvalue weighted by atomic mass is 9.64. The van der Waals surface area contributed by atoms with Gasteiger partial charge in [0.1, 0.15) is 5.75 Å². The maximum Gasteiger partial charge on any atom is 0.115 e. The number of rotatable bonds is 0. The first-order chi connectivity index (χ1) is 14.8. The van der Waals surface area contributed by atoms with Gasteiger partial charge in [0, 0.05) is 29.1 Å². The Morgan fingerprint density at radius 1 is 0.433 bits per heavy atom. The van der Waals surface area contributed by atoms with Crippen molar-refractivity contribution in [1.82, 2.24) is 0 Å². The summed E-state index contributed by atoms with van der Waals surface area (Å²) in [6.45, 7) is 0. The van der Waals surface area contributed by atoms with Gasteiger partial charge in [0.2, 0.25) is 0 Å². The number of aromatic hydroxyl groups is 1. The van der Waals surface area contributed by atoms with E-state index in [-0.39, 0.29) is 5.41 Å². The van der Waals surface area contributed by atoms with Gasteiger partial charge in [-0.2, -0.15) is 0 Å². The van der Waals surface area contributed by atoms with E-state index < -0.39 is 0 Å². The molecular weight excluding hydrogens is 364 g/mol. The molecule has 4 aromatic carbocycles. The summed E-state index contributed by atoms with van der Waals surface area (Å²) >= 11 is 0. The van der Waals surface area contributed by atoms with Crippen LogP contribution in [-0.4, -0.2) is 5.11 Å². The van der Waals surface area contributed by atoms with Crippen LogP contribution in [0.3, 0.4) is 0 Å². The fourth-order valence-electron chi connectivity index (χ4n) is 8.01. The number of hydrogen-bond donors (Lipinski definition) is 1. The third-order valence-corrected chi connectivity index (χ3v) is 8.55. The van der Waals surface area contributed by atoms with Gasteiger partial charge in [-0.1, -0.05) is 78.9 Å². The fourth-order valence-corrected chi connectivity index (χ4v) is 8.01. The molecule has 30 heavy (non-hydrogen) atoms. The minimum Gasteiger partial charge on any atom is -0.508 e. The highest BCUT2D eigenvalue weighted by atomic mass is 16.3. The van der Waals surface area contributed by atoms with Gasteiger partial charge in [-0.15, -0.1) is 0 Å². The van der Waals surface area contributed by atoms with E-state index in [1.807, 2.05) is 6.07 Å². The zero-order valence-corrected chi connectivity index (χ0v) is 16.4. The second-order valence-corrected chi connectivity index (χ2v) is 9.43. The van der Waals surface area contributed by atoms with Crippen molar-refractivity contribution in [2.75, 3.05) is 0 Å². The fraction of sp³-hybridized carbons (Fsp3) is 0.172. The summed E-state index contributed by atoms with van der Waals surface area (Å²) in [5.74, 6) is 1.85. The Hall–Kier alpha value is -3.32. The van der Waals surface area contributed by atoms with Gasteiger partial charge >= 0.3 is 0 Å². The highest BCUT2D eigenvalue weighted by molar-refractivity contribution is 5.74. The maximum atomic E-state index is 10.4. The number of benzene rings is 4. The zero-order chi connectivity index (χ0) is 19.6. The second kappa shape index (κ2) is 4.87. The Kier molecular flexibility index (Phi) is 2.52. The van der Waals surface area contributed by atoms with Crippen molar-refractivity contribution < 1.29 is 5.11 Å². The van der Waals surface area contributed by atoms with Gasteiger partial charge in [0.05, 0.1) is 0 Å². The third-order valence-electron chi connectivity index (χ3n) is 8.55. The van der Waals surface area contributed by atoms with Gasteiger partial charge in [0.15, 0.2) is 0 Å². The Morgan fingerprint density at radius 2 is 0.767 bits per heavy atom. The molecule has 142 valence electrons. The van der Waals surface area contributed by atoms with Crippen molar-refractivity contribution in [3.05, 3.63) is 136 Å². The van der Waals surface area contributed by atoms with Crippen LogP contribution in [0.15, 0.2) is 91.0 Å². The lowest BCUT2D eigenvalue weighted by Gasteiger charge is -2.37. The third kappa shape index (κ3) is 1.42. The average molecular weight is 384 g/mol. The Balaban J connectivity index is 1.59. The molecule has 4 aliphatic carbocycles. The molecule has 0 amide bonds. The molecule has 5 unspecified atom stereocenters. The summed E-state index contributed by atoms with van der Waals surface area (Å²) in [6.07, 6.45) is 0. The first-order valence-electron chi connectivity index (χ1n) is 10.9. The van der Waals surface area contributed by atoms with Crippen LogP contribution in [0.5, 0.6) is 5.75 Å². The number of fused-ring (bicyclic) bond motifs is 12. The monoisotopic (exact) mass is 384 g/mol. The van der Waals surface area contributed by atoms with Crippen molar-refractivity contribution in [2.45, 2.75) is 23.7 Å². The number of phenols is 1. The van der Waals surface area contributed by atoms with Crippen LogP contribution >= 0.6 is 0 Å². The number of phenolic OH excluding ortho intramolecular Hbond substituents is 1. The molecule has 5 atom stereocenters.